The van der Waals surface area contributed by atoms with E-state index in [0.717, 1.165) is 0 Å². The largest absolute Gasteiger partial charge is 0.457 e. The first-order valence-corrected chi connectivity index (χ1v) is 9.16. The Bertz CT molecular complexity index is 1150. The van der Waals surface area contributed by atoms with Gasteiger partial charge < -0.3 is 9.15 Å². The zero-order chi connectivity index (χ0) is 22.5. The maximum atomic E-state index is 12.4. The Kier molecular flexibility index (Phi) is 6.24. The van der Waals surface area contributed by atoms with Gasteiger partial charge in [0.05, 0.1) is 17.4 Å². The van der Waals surface area contributed by atoms with Crippen molar-refractivity contribution in [3.05, 3.63) is 75.5 Å². The third-order valence-electron chi connectivity index (χ3n) is 4.40. The van der Waals surface area contributed by atoms with Gasteiger partial charge in [-0.15, -0.1) is 0 Å². The average Bonchev–Trinajstić information content (AvgIpc) is 3.35. The monoisotopic (exact) mass is 425 g/mol. The number of aryl methyl sites for hydroxylation is 1. The van der Waals surface area contributed by atoms with Gasteiger partial charge in [0.2, 0.25) is 5.76 Å². The Hall–Kier alpha value is -4.28. The van der Waals surface area contributed by atoms with Crippen LogP contribution in [0.4, 0.5) is 5.69 Å². The summed E-state index contributed by atoms with van der Waals surface area (Å²) in [5.41, 5.74) is 3.33. The van der Waals surface area contributed by atoms with Gasteiger partial charge >= 0.3 is 11.7 Å². The highest BCUT2D eigenvalue weighted by Crippen LogP contribution is 2.24. The summed E-state index contributed by atoms with van der Waals surface area (Å²) in [7, 11) is 0. The maximum Gasteiger partial charge on any atom is 0.379 e. The van der Waals surface area contributed by atoms with Crippen molar-refractivity contribution in [2.75, 3.05) is 0 Å². The van der Waals surface area contributed by atoms with E-state index in [1.165, 1.54) is 37.1 Å². The van der Waals surface area contributed by atoms with Crippen molar-refractivity contribution in [3.8, 4) is 5.75 Å². The summed E-state index contributed by atoms with van der Waals surface area (Å²) in [4.78, 5) is 34.9. The number of hydrogen-bond donors (Lipinski definition) is 1. The molecule has 0 spiro atoms. The molecule has 3 rings (SSSR count). The number of hydrazone groups is 1. The fourth-order valence-electron chi connectivity index (χ4n) is 2.88. The highest BCUT2D eigenvalue weighted by molar-refractivity contribution is 5.88. The van der Waals surface area contributed by atoms with Crippen LogP contribution < -0.4 is 10.2 Å². The van der Waals surface area contributed by atoms with Crippen molar-refractivity contribution in [1.82, 2.24) is 15.2 Å². The molecule has 11 heteroatoms. The lowest BCUT2D eigenvalue weighted by atomic mass is 10.2. The van der Waals surface area contributed by atoms with Crippen molar-refractivity contribution in [2.24, 2.45) is 5.10 Å². The molecule has 1 amide bonds. The van der Waals surface area contributed by atoms with Crippen molar-refractivity contribution >= 4 is 23.8 Å². The first kappa shape index (κ1) is 21.4. The molecule has 0 aliphatic carbocycles. The van der Waals surface area contributed by atoms with Gasteiger partial charge in [-0.3, -0.25) is 19.6 Å². The number of nitrogens with one attached hydrogen (secondary N) is 1. The summed E-state index contributed by atoms with van der Waals surface area (Å²) in [6.45, 7) is 4.60. The van der Waals surface area contributed by atoms with E-state index in [1.54, 1.807) is 37.3 Å². The third-order valence-corrected chi connectivity index (χ3v) is 4.40. The normalized spacial score (nSPS) is 12.0. The number of esters is 1. The molecule has 0 bridgehead atoms. The second kappa shape index (κ2) is 9.03. The minimum atomic E-state index is -0.815. The number of amides is 1. The molecule has 11 nitrogen and oxygen atoms in total. The van der Waals surface area contributed by atoms with Crippen molar-refractivity contribution in [2.45, 2.75) is 26.8 Å². The molecule has 0 fully saturated rings. The number of furan rings is 1. The molecule has 31 heavy (non-hydrogen) atoms. The van der Waals surface area contributed by atoms with Crippen LogP contribution in [-0.2, 0) is 4.79 Å². The van der Waals surface area contributed by atoms with Gasteiger partial charge in [0.1, 0.15) is 23.2 Å². The van der Waals surface area contributed by atoms with E-state index in [-0.39, 0.29) is 28.6 Å². The Morgan fingerprint density at radius 2 is 2.10 bits per heavy atom. The lowest BCUT2D eigenvalue weighted by Crippen LogP contribution is -2.28. The SMILES string of the molecule is Cc1nn(C(C)C(=O)N/N=C/c2cccc(OC(=O)c3ccco3)c2)c(C)c1[N+](=O)[O-]. The Morgan fingerprint density at radius 1 is 1.32 bits per heavy atom. The van der Waals surface area contributed by atoms with Crippen LogP contribution in [0.2, 0.25) is 0 Å². The van der Waals surface area contributed by atoms with Crippen LogP contribution in [0.1, 0.15) is 40.5 Å². The molecule has 1 N–H and O–H groups in total. The molecule has 3 aromatic rings. The summed E-state index contributed by atoms with van der Waals surface area (Å²) in [6.07, 6.45) is 2.74. The summed E-state index contributed by atoms with van der Waals surface area (Å²) in [6, 6.07) is 8.76. The molecule has 1 unspecified atom stereocenters. The summed E-state index contributed by atoms with van der Waals surface area (Å²) < 4.78 is 11.5. The Morgan fingerprint density at radius 3 is 2.74 bits per heavy atom. The molecule has 0 saturated heterocycles. The van der Waals surface area contributed by atoms with Crippen molar-refractivity contribution in [3.63, 3.8) is 0 Å². The molecule has 160 valence electrons. The van der Waals surface area contributed by atoms with Crippen LogP contribution in [0.3, 0.4) is 0 Å². The zero-order valence-electron chi connectivity index (χ0n) is 16.9. The number of carbonyl (C=O) groups excluding carboxylic acids is 2. The molecule has 2 heterocycles. The highest BCUT2D eigenvalue weighted by atomic mass is 16.6. The highest BCUT2D eigenvalue weighted by Gasteiger charge is 2.26. The standard InChI is InChI=1S/C20H19N5O6/c1-12-18(25(28)29)13(2)24(23-12)14(3)19(26)22-21-11-15-6-4-7-16(10-15)31-20(27)17-8-5-9-30-17/h4-11,14H,1-3H3,(H,22,26)/b21-11+. The number of rotatable bonds is 7. The molecule has 1 atom stereocenters. The maximum absolute atomic E-state index is 12.4. The first-order valence-electron chi connectivity index (χ1n) is 9.16. The number of benzene rings is 1. The number of hydrogen-bond acceptors (Lipinski definition) is 8. The number of ether oxygens (including phenoxy) is 1. The fourth-order valence-corrected chi connectivity index (χ4v) is 2.88. The van der Waals surface area contributed by atoms with Crippen LogP contribution in [0.25, 0.3) is 0 Å². The summed E-state index contributed by atoms with van der Waals surface area (Å²) in [5, 5.41) is 19.1. The van der Waals surface area contributed by atoms with E-state index < -0.39 is 22.8 Å². The third kappa shape index (κ3) is 4.83. The molecule has 0 radical (unpaired) electrons. The minimum absolute atomic E-state index is 0.0738. The van der Waals surface area contributed by atoms with Gasteiger partial charge in [-0.1, -0.05) is 12.1 Å². The van der Waals surface area contributed by atoms with E-state index in [2.05, 4.69) is 15.6 Å². The predicted octanol–water partition coefficient (Wildman–Crippen LogP) is 2.93. The zero-order valence-corrected chi connectivity index (χ0v) is 16.9. The number of nitrogens with zero attached hydrogens (tertiary/aromatic N) is 4. The van der Waals surface area contributed by atoms with Crippen LogP contribution >= 0.6 is 0 Å². The second-order valence-corrected chi connectivity index (χ2v) is 6.57. The lowest BCUT2D eigenvalue weighted by Gasteiger charge is -2.11. The Labute approximate surface area is 176 Å². The van der Waals surface area contributed by atoms with Crippen molar-refractivity contribution in [1.29, 1.82) is 0 Å². The van der Waals surface area contributed by atoms with Gasteiger partial charge in [0.15, 0.2) is 0 Å². The van der Waals surface area contributed by atoms with Crippen LogP contribution in [0, 0.1) is 24.0 Å². The van der Waals surface area contributed by atoms with E-state index in [9.17, 15) is 19.7 Å². The van der Waals surface area contributed by atoms with Gasteiger partial charge in [0.25, 0.3) is 5.91 Å². The smallest absolute Gasteiger partial charge is 0.379 e. The van der Waals surface area contributed by atoms with Crippen LogP contribution in [0.15, 0.2) is 52.2 Å². The van der Waals surface area contributed by atoms with E-state index in [0.29, 0.717) is 5.56 Å². The molecule has 1 aromatic carbocycles. The lowest BCUT2D eigenvalue weighted by molar-refractivity contribution is -0.386. The van der Waals surface area contributed by atoms with Crippen LogP contribution in [0.5, 0.6) is 5.75 Å². The minimum Gasteiger partial charge on any atom is -0.457 e. The van der Waals surface area contributed by atoms with E-state index >= 15 is 0 Å². The molecular weight excluding hydrogens is 406 g/mol. The summed E-state index contributed by atoms with van der Waals surface area (Å²) >= 11 is 0. The second-order valence-electron chi connectivity index (χ2n) is 6.57. The number of nitro groups is 1. The topological polar surface area (TPSA) is 142 Å². The first-order chi connectivity index (χ1) is 14.8. The van der Waals surface area contributed by atoms with Gasteiger partial charge in [0, 0.05) is 0 Å². The molecule has 0 aliphatic heterocycles. The average molecular weight is 425 g/mol. The van der Waals surface area contributed by atoms with E-state index in [1.807, 2.05) is 0 Å². The Balaban J connectivity index is 1.64. The molecule has 0 saturated carbocycles. The summed E-state index contributed by atoms with van der Waals surface area (Å²) in [5.74, 6) is -0.790. The van der Waals surface area contributed by atoms with Gasteiger partial charge in [-0.2, -0.15) is 10.2 Å². The molecule has 0 aliphatic rings. The van der Waals surface area contributed by atoms with Gasteiger partial charge in [-0.25, -0.2) is 10.2 Å². The quantitative estimate of drug-likeness (QED) is 0.202. The number of aromatic nitrogens is 2. The van der Waals surface area contributed by atoms with E-state index in [4.69, 9.17) is 9.15 Å². The predicted molar refractivity (Wildman–Crippen MR) is 109 cm³/mol. The van der Waals surface area contributed by atoms with Crippen molar-refractivity contribution < 1.29 is 23.7 Å². The van der Waals surface area contributed by atoms with Crippen LogP contribution in [-0.4, -0.2) is 32.8 Å². The number of carbonyl (C=O) groups is 2. The molecule has 2 aromatic heterocycles. The molecular formula is C20H19N5O6. The fraction of sp³-hybridized carbons (Fsp3) is 0.200. The van der Waals surface area contributed by atoms with Gasteiger partial charge in [-0.05, 0) is 50.6 Å².